The van der Waals surface area contributed by atoms with Gasteiger partial charge in [0.25, 0.3) is 0 Å². The average molecular weight is 425 g/mol. The molecule has 0 atom stereocenters. The highest BCUT2D eigenvalue weighted by Gasteiger charge is 2.35. The van der Waals surface area contributed by atoms with Gasteiger partial charge in [-0.25, -0.2) is 9.97 Å². The minimum atomic E-state index is -4.52. The summed E-state index contributed by atoms with van der Waals surface area (Å²) in [6.45, 7) is 7.59. The van der Waals surface area contributed by atoms with Crippen LogP contribution in [0.15, 0.2) is 12.3 Å². The molecule has 2 aromatic heterocycles. The van der Waals surface area contributed by atoms with Crippen molar-refractivity contribution in [2.24, 2.45) is 7.05 Å². The summed E-state index contributed by atoms with van der Waals surface area (Å²) in [5, 5.41) is 6.93. The number of aryl methyl sites for hydroxylation is 1. The first-order valence-corrected chi connectivity index (χ1v) is 9.76. The molecule has 0 radical (unpaired) electrons. The number of rotatable bonds is 5. The molecule has 1 aliphatic rings. The molecule has 11 heteroatoms. The van der Waals surface area contributed by atoms with E-state index in [-0.39, 0.29) is 24.3 Å². The van der Waals surface area contributed by atoms with Gasteiger partial charge in [0.2, 0.25) is 11.9 Å². The fourth-order valence-electron chi connectivity index (χ4n) is 3.16. The highest BCUT2D eigenvalue weighted by molar-refractivity contribution is 5.92. The monoisotopic (exact) mass is 425 g/mol. The van der Waals surface area contributed by atoms with E-state index in [1.165, 1.54) is 0 Å². The summed E-state index contributed by atoms with van der Waals surface area (Å²) in [5.74, 6) is -0.214. The van der Waals surface area contributed by atoms with Crippen LogP contribution in [-0.2, 0) is 18.0 Å². The van der Waals surface area contributed by atoms with Gasteiger partial charge >= 0.3 is 6.18 Å². The molecule has 3 heterocycles. The molecule has 1 amide bonds. The summed E-state index contributed by atoms with van der Waals surface area (Å²) in [7, 11) is 1.80. The lowest BCUT2D eigenvalue weighted by Gasteiger charge is -2.34. The normalized spacial score (nSPS) is 15.7. The molecular formula is C19H26F3N7O. The van der Waals surface area contributed by atoms with Gasteiger partial charge in [-0.2, -0.15) is 18.3 Å². The predicted molar refractivity (Wildman–Crippen MR) is 106 cm³/mol. The smallest absolute Gasteiger partial charge is 0.338 e. The van der Waals surface area contributed by atoms with Crippen molar-refractivity contribution in [1.29, 1.82) is 0 Å². The summed E-state index contributed by atoms with van der Waals surface area (Å²) < 4.78 is 41.4. The van der Waals surface area contributed by atoms with Crippen molar-refractivity contribution >= 4 is 17.5 Å². The minimum absolute atomic E-state index is 0.0867. The van der Waals surface area contributed by atoms with E-state index in [4.69, 9.17) is 0 Å². The Morgan fingerprint density at radius 1 is 1.20 bits per heavy atom. The molecular weight excluding hydrogens is 399 g/mol. The zero-order chi connectivity index (χ0) is 22.1. The standard InChI is InChI=1S/C19H26F3N7O/c1-12(2)14-9-16(19(20,21)22)26-18(25-14)29-7-5-28(6-8-29)11-17(30)24-15-10-23-27(4)13(15)3/h9-10,12H,5-8,11H2,1-4H3,(H,24,30). The number of hydrogen-bond donors (Lipinski definition) is 1. The van der Waals surface area contributed by atoms with Gasteiger partial charge in [-0.05, 0) is 18.9 Å². The number of nitrogens with zero attached hydrogens (tertiary/aromatic N) is 6. The Bertz CT molecular complexity index is 902. The molecule has 1 saturated heterocycles. The maximum atomic E-state index is 13.2. The highest BCUT2D eigenvalue weighted by atomic mass is 19.4. The van der Waals surface area contributed by atoms with Gasteiger partial charge < -0.3 is 10.2 Å². The number of carbonyl (C=O) groups is 1. The van der Waals surface area contributed by atoms with Crippen molar-refractivity contribution < 1.29 is 18.0 Å². The van der Waals surface area contributed by atoms with Crippen LogP contribution in [0.3, 0.4) is 0 Å². The van der Waals surface area contributed by atoms with E-state index in [0.29, 0.717) is 37.6 Å². The Labute approximate surface area is 173 Å². The van der Waals surface area contributed by atoms with E-state index in [1.807, 2.05) is 11.8 Å². The Kier molecular flexibility index (Phi) is 6.30. The van der Waals surface area contributed by atoms with Gasteiger partial charge in [0.05, 0.1) is 24.1 Å². The van der Waals surface area contributed by atoms with Crippen molar-refractivity contribution in [3.05, 3.63) is 29.3 Å². The number of piperazine rings is 1. The van der Waals surface area contributed by atoms with E-state index < -0.39 is 11.9 Å². The number of halogens is 3. The van der Waals surface area contributed by atoms with Crippen LogP contribution in [0, 0.1) is 6.92 Å². The van der Waals surface area contributed by atoms with Gasteiger partial charge in [-0.1, -0.05) is 13.8 Å². The molecule has 164 valence electrons. The molecule has 1 fully saturated rings. The molecule has 1 N–H and O–H groups in total. The zero-order valence-corrected chi connectivity index (χ0v) is 17.5. The summed E-state index contributed by atoms with van der Waals surface area (Å²) in [6, 6.07) is 1.01. The third-order valence-corrected chi connectivity index (χ3v) is 5.15. The lowest BCUT2D eigenvalue weighted by atomic mass is 10.1. The molecule has 0 unspecified atom stereocenters. The zero-order valence-electron chi connectivity index (χ0n) is 17.5. The Hall–Kier alpha value is -2.69. The van der Waals surface area contributed by atoms with E-state index in [2.05, 4.69) is 20.4 Å². The number of carbonyl (C=O) groups excluding carboxylic acids is 1. The molecule has 2 aromatic rings. The fourth-order valence-corrected chi connectivity index (χ4v) is 3.16. The second-order valence-corrected chi connectivity index (χ2v) is 7.71. The summed E-state index contributed by atoms with van der Waals surface area (Å²) >= 11 is 0. The molecule has 8 nitrogen and oxygen atoms in total. The van der Waals surface area contributed by atoms with Crippen LogP contribution in [-0.4, -0.2) is 63.3 Å². The van der Waals surface area contributed by atoms with Gasteiger partial charge in [0.15, 0.2) is 0 Å². The van der Waals surface area contributed by atoms with Crippen molar-refractivity contribution in [3.8, 4) is 0 Å². The maximum Gasteiger partial charge on any atom is 0.433 e. The maximum absolute atomic E-state index is 13.2. The molecule has 0 aromatic carbocycles. The van der Waals surface area contributed by atoms with E-state index in [1.54, 1.807) is 36.7 Å². The third kappa shape index (κ3) is 5.07. The number of hydrogen-bond acceptors (Lipinski definition) is 6. The van der Waals surface area contributed by atoms with Crippen molar-refractivity contribution in [2.45, 2.75) is 32.9 Å². The van der Waals surface area contributed by atoms with Crippen LogP contribution < -0.4 is 10.2 Å². The van der Waals surface area contributed by atoms with Crippen LogP contribution in [0.1, 0.15) is 36.8 Å². The number of alkyl halides is 3. The lowest BCUT2D eigenvalue weighted by molar-refractivity contribution is -0.141. The van der Waals surface area contributed by atoms with Crippen molar-refractivity contribution in [2.75, 3.05) is 42.9 Å². The van der Waals surface area contributed by atoms with Crippen molar-refractivity contribution in [1.82, 2.24) is 24.6 Å². The first-order chi connectivity index (χ1) is 14.0. The van der Waals surface area contributed by atoms with Gasteiger partial charge in [0, 0.05) is 38.9 Å². The van der Waals surface area contributed by atoms with Gasteiger partial charge in [-0.3, -0.25) is 14.4 Å². The molecule has 0 spiro atoms. The van der Waals surface area contributed by atoms with Crippen LogP contribution in [0.25, 0.3) is 0 Å². The first kappa shape index (κ1) is 22.0. The summed E-state index contributed by atoms with van der Waals surface area (Å²) in [6.07, 6.45) is -2.92. The van der Waals surface area contributed by atoms with Crippen LogP contribution in [0.4, 0.5) is 24.8 Å². The van der Waals surface area contributed by atoms with E-state index >= 15 is 0 Å². The minimum Gasteiger partial charge on any atom is -0.338 e. The van der Waals surface area contributed by atoms with Gasteiger partial charge in [-0.15, -0.1) is 0 Å². The average Bonchev–Trinajstić information content (AvgIpc) is 2.99. The molecule has 0 aliphatic carbocycles. The third-order valence-electron chi connectivity index (χ3n) is 5.15. The van der Waals surface area contributed by atoms with Crippen LogP contribution in [0.2, 0.25) is 0 Å². The highest BCUT2D eigenvalue weighted by Crippen LogP contribution is 2.30. The first-order valence-electron chi connectivity index (χ1n) is 9.76. The van der Waals surface area contributed by atoms with Gasteiger partial charge in [0.1, 0.15) is 5.69 Å². The fraction of sp³-hybridized carbons (Fsp3) is 0.579. The summed E-state index contributed by atoms with van der Waals surface area (Å²) in [4.78, 5) is 24.1. The molecule has 0 bridgehead atoms. The Morgan fingerprint density at radius 3 is 2.40 bits per heavy atom. The second kappa shape index (κ2) is 8.58. The second-order valence-electron chi connectivity index (χ2n) is 7.71. The summed E-state index contributed by atoms with van der Waals surface area (Å²) in [5.41, 5.74) is 0.960. The number of aromatic nitrogens is 4. The number of anilines is 2. The quantitative estimate of drug-likeness (QED) is 0.793. The topological polar surface area (TPSA) is 79.2 Å². The molecule has 30 heavy (non-hydrogen) atoms. The molecule has 1 aliphatic heterocycles. The largest absolute Gasteiger partial charge is 0.433 e. The number of amides is 1. The van der Waals surface area contributed by atoms with E-state index in [9.17, 15) is 18.0 Å². The predicted octanol–water partition coefficient (Wildman–Crippen LogP) is 2.42. The van der Waals surface area contributed by atoms with Crippen molar-refractivity contribution in [3.63, 3.8) is 0 Å². The molecule has 0 saturated carbocycles. The lowest BCUT2D eigenvalue weighted by Crippen LogP contribution is -2.49. The molecule has 3 rings (SSSR count). The van der Waals surface area contributed by atoms with Crippen LogP contribution in [0.5, 0.6) is 0 Å². The van der Waals surface area contributed by atoms with Crippen LogP contribution >= 0.6 is 0 Å². The number of nitrogens with one attached hydrogen (secondary N) is 1. The Balaban J connectivity index is 1.62. The van der Waals surface area contributed by atoms with E-state index in [0.717, 1.165) is 11.8 Å². The SMILES string of the molecule is Cc1c(NC(=O)CN2CCN(c3nc(C(C)C)cc(C(F)(F)F)n3)CC2)cnn1C. The Morgan fingerprint density at radius 2 is 1.87 bits per heavy atom.